The van der Waals surface area contributed by atoms with Crippen molar-refractivity contribution in [2.24, 2.45) is 0 Å². The number of carbonyl (C=O) groups is 3. The molecular formula is C25H25N3O5. The molecule has 3 rings (SSSR count). The summed E-state index contributed by atoms with van der Waals surface area (Å²) in [5.41, 5.74) is 2.05. The third kappa shape index (κ3) is 6.64. The van der Waals surface area contributed by atoms with Crippen LogP contribution in [0.1, 0.15) is 47.1 Å². The Hall–Kier alpha value is -4.20. The van der Waals surface area contributed by atoms with Gasteiger partial charge in [0.1, 0.15) is 5.60 Å². The Kier molecular flexibility index (Phi) is 7.07. The summed E-state index contributed by atoms with van der Waals surface area (Å²) in [6, 6.07) is 14.9. The van der Waals surface area contributed by atoms with Gasteiger partial charge in [-0.05, 0) is 67.8 Å². The predicted octanol–water partition coefficient (Wildman–Crippen LogP) is 4.72. The molecule has 2 aromatic carbocycles. The number of carbonyl (C=O) groups excluding carboxylic acids is 2. The van der Waals surface area contributed by atoms with Crippen molar-refractivity contribution in [3.63, 3.8) is 0 Å². The Morgan fingerprint density at radius 2 is 1.64 bits per heavy atom. The Labute approximate surface area is 191 Å². The highest BCUT2D eigenvalue weighted by Crippen LogP contribution is 2.27. The van der Waals surface area contributed by atoms with Crippen LogP contribution in [0, 0.1) is 0 Å². The van der Waals surface area contributed by atoms with E-state index in [1.165, 1.54) is 12.1 Å². The van der Waals surface area contributed by atoms with Crippen molar-refractivity contribution in [3.05, 3.63) is 83.7 Å². The minimum atomic E-state index is -1.15. The molecule has 1 aromatic heterocycles. The number of hydrogen-bond donors (Lipinski definition) is 3. The first-order valence-electron chi connectivity index (χ1n) is 10.3. The number of ether oxygens (including phenoxy) is 1. The van der Waals surface area contributed by atoms with E-state index in [0.29, 0.717) is 16.8 Å². The number of aromatic carboxylic acids is 1. The Morgan fingerprint density at radius 1 is 0.970 bits per heavy atom. The number of aromatic nitrogens is 1. The van der Waals surface area contributed by atoms with Crippen LogP contribution in [0.2, 0.25) is 0 Å². The predicted molar refractivity (Wildman–Crippen MR) is 124 cm³/mol. The Balaban J connectivity index is 1.92. The van der Waals surface area contributed by atoms with Crippen LogP contribution >= 0.6 is 0 Å². The molecule has 0 aliphatic rings. The average molecular weight is 447 g/mol. The molecule has 0 unspecified atom stereocenters. The molecule has 0 fully saturated rings. The SMILES string of the molecule is CC(C)(C)OC(=O)NCc1ccccc1-c1cc(C(=O)O)cc(C(=O)Nc2ccncc2)c1. The molecule has 0 saturated carbocycles. The van der Waals surface area contributed by atoms with E-state index in [1.807, 2.05) is 12.1 Å². The van der Waals surface area contributed by atoms with E-state index in [9.17, 15) is 19.5 Å². The number of nitrogens with one attached hydrogen (secondary N) is 2. The highest BCUT2D eigenvalue weighted by molar-refractivity contribution is 6.06. The van der Waals surface area contributed by atoms with Gasteiger partial charge in [-0.1, -0.05) is 24.3 Å². The normalized spacial score (nSPS) is 10.9. The molecule has 0 aliphatic carbocycles. The summed E-state index contributed by atoms with van der Waals surface area (Å²) in [6.07, 6.45) is 2.53. The van der Waals surface area contributed by atoms with Crippen molar-refractivity contribution in [2.45, 2.75) is 32.9 Å². The molecule has 0 atom stereocenters. The Morgan fingerprint density at radius 3 is 2.30 bits per heavy atom. The fourth-order valence-electron chi connectivity index (χ4n) is 3.11. The molecule has 0 spiro atoms. The van der Waals surface area contributed by atoms with E-state index >= 15 is 0 Å². The van der Waals surface area contributed by atoms with E-state index in [0.717, 1.165) is 5.56 Å². The van der Waals surface area contributed by atoms with Crippen LogP contribution in [-0.4, -0.2) is 33.7 Å². The topological polar surface area (TPSA) is 118 Å². The molecule has 33 heavy (non-hydrogen) atoms. The second-order valence-corrected chi connectivity index (χ2v) is 8.31. The molecular weight excluding hydrogens is 422 g/mol. The molecule has 3 aromatic rings. The van der Waals surface area contributed by atoms with E-state index in [1.54, 1.807) is 63.5 Å². The second-order valence-electron chi connectivity index (χ2n) is 8.31. The van der Waals surface area contributed by atoms with Gasteiger partial charge in [0.05, 0.1) is 5.56 Å². The summed E-state index contributed by atoms with van der Waals surface area (Å²) in [5, 5.41) is 15.0. The number of anilines is 1. The van der Waals surface area contributed by atoms with E-state index < -0.39 is 23.6 Å². The number of alkyl carbamates (subject to hydrolysis) is 1. The lowest BCUT2D eigenvalue weighted by atomic mass is 9.95. The minimum Gasteiger partial charge on any atom is -0.478 e. The number of amides is 2. The van der Waals surface area contributed by atoms with Crippen molar-refractivity contribution >= 4 is 23.7 Å². The summed E-state index contributed by atoms with van der Waals surface area (Å²) in [7, 11) is 0. The molecule has 8 nitrogen and oxygen atoms in total. The van der Waals surface area contributed by atoms with Crippen LogP contribution < -0.4 is 10.6 Å². The lowest BCUT2D eigenvalue weighted by molar-refractivity contribution is 0.0523. The smallest absolute Gasteiger partial charge is 0.407 e. The van der Waals surface area contributed by atoms with Crippen LogP contribution in [-0.2, 0) is 11.3 Å². The first-order valence-corrected chi connectivity index (χ1v) is 10.3. The largest absolute Gasteiger partial charge is 0.478 e. The zero-order chi connectivity index (χ0) is 24.0. The standard InChI is InChI=1S/C25H25N3O5/c1-25(2,3)33-24(32)27-15-16-6-4-5-7-21(16)17-12-18(14-19(13-17)23(30)31)22(29)28-20-8-10-26-11-9-20/h4-14H,15H2,1-3H3,(H,27,32)(H,30,31)(H,26,28,29). The third-order valence-corrected chi connectivity index (χ3v) is 4.53. The number of pyridine rings is 1. The Bertz CT molecular complexity index is 1170. The highest BCUT2D eigenvalue weighted by atomic mass is 16.6. The van der Waals surface area contributed by atoms with Gasteiger partial charge >= 0.3 is 12.1 Å². The highest BCUT2D eigenvalue weighted by Gasteiger charge is 2.18. The number of rotatable bonds is 6. The number of hydrogen-bond acceptors (Lipinski definition) is 5. The van der Waals surface area contributed by atoms with Crippen molar-refractivity contribution in [1.82, 2.24) is 10.3 Å². The van der Waals surface area contributed by atoms with E-state index in [2.05, 4.69) is 15.6 Å². The van der Waals surface area contributed by atoms with E-state index in [-0.39, 0.29) is 17.7 Å². The summed E-state index contributed by atoms with van der Waals surface area (Å²) in [6.45, 7) is 5.49. The van der Waals surface area contributed by atoms with Gasteiger partial charge in [-0.15, -0.1) is 0 Å². The molecule has 0 bridgehead atoms. The first kappa shape index (κ1) is 23.5. The lowest BCUT2D eigenvalue weighted by Gasteiger charge is -2.20. The fourth-order valence-corrected chi connectivity index (χ4v) is 3.11. The maximum Gasteiger partial charge on any atom is 0.407 e. The number of carboxylic acids is 1. The van der Waals surface area contributed by atoms with Crippen molar-refractivity contribution < 1.29 is 24.2 Å². The number of benzene rings is 2. The molecule has 1 heterocycles. The third-order valence-electron chi connectivity index (χ3n) is 4.53. The molecule has 0 saturated heterocycles. The molecule has 170 valence electrons. The summed E-state index contributed by atoms with van der Waals surface area (Å²) in [4.78, 5) is 40.5. The van der Waals surface area contributed by atoms with Gasteiger partial charge in [0.25, 0.3) is 5.91 Å². The monoisotopic (exact) mass is 447 g/mol. The van der Waals surface area contributed by atoms with Crippen LogP contribution in [0.4, 0.5) is 10.5 Å². The quantitative estimate of drug-likeness (QED) is 0.503. The minimum absolute atomic E-state index is 0.0257. The van der Waals surface area contributed by atoms with Crippen LogP contribution in [0.3, 0.4) is 0 Å². The molecule has 2 amide bonds. The molecule has 0 radical (unpaired) electrons. The summed E-state index contributed by atoms with van der Waals surface area (Å²) >= 11 is 0. The maximum absolute atomic E-state index is 12.8. The van der Waals surface area contributed by atoms with Gasteiger partial charge in [0.15, 0.2) is 0 Å². The van der Waals surface area contributed by atoms with Gasteiger partial charge in [-0.25, -0.2) is 9.59 Å². The molecule has 0 aliphatic heterocycles. The average Bonchev–Trinajstić information content (AvgIpc) is 2.77. The zero-order valence-corrected chi connectivity index (χ0v) is 18.6. The summed E-state index contributed by atoms with van der Waals surface area (Å²) in [5.74, 6) is -1.60. The van der Waals surface area contributed by atoms with Crippen molar-refractivity contribution in [3.8, 4) is 11.1 Å². The summed E-state index contributed by atoms with van der Waals surface area (Å²) < 4.78 is 5.28. The first-order chi connectivity index (χ1) is 15.6. The second kappa shape index (κ2) is 9.95. The van der Waals surface area contributed by atoms with Crippen LogP contribution in [0.25, 0.3) is 11.1 Å². The van der Waals surface area contributed by atoms with Crippen LogP contribution in [0.5, 0.6) is 0 Å². The number of carboxylic acid groups (broad SMARTS) is 1. The van der Waals surface area contributed by atoms with E-state index in [4.69, 9.17) is 4.74 Å². The van der Waals surface area contributed by atoms with Crippen LogP contribution in [0.15, 0.2) is 67.0 Å². The molecule has 8 heteroatoms. The lowest BCUT2D eigenvalue weighted by Crippen LogP contribution is -2.32. The van der Waals surface area contributed by atoms with Gasteiger partial charge < -0.3 is 20.5 Å². The van der Waals surface area contributed by atoms with Crippen molar-refractivity contribution in [1.29, 1.82) is 0 Å². The fraction of sp³-hybridized carbons (Fsp3) is 0.200. The van der Waals surface area contributed by atoms with Gasteiger partial charge in [0.2, 0.25) is 0 Å². The van der Waals surface area contributed by atoms with Crippen molar-refractivity contribution in [2.75, 3.05) is 5.32 Å². The molecule has 3 N–H and O–H groups in total. The number of nitrogens with zero attached hydrogens (tertiary/aromatic N) is 1. The van der Waals surface area contributed by atoms with Gasteiger partial charge in [0, 0.05) is 30.2 Å². The maximum atomic E-state index is 12.8. The zero-order valence-electron chi connectivity index (χ0n) is 18.6. The van der Waals surface area contributed by atoms with Gasteiger partial charge in [-0.2, -0.15) is 0 Å². The van der Waals surface area contributed by atoms with Gasteiger partial charge in [-0.3, -0.25) is 9.78 Å².